The monoisotopic (exact) mass is 304 g/mol. The number of hydrogen-bond acceptors (Lipinski definition) is 3. The minimum absolute atomic E-state index is 0.0740. The van der Waals surface area contributed by atoms with Crippen LogP contribution in [0.3, 0.4) is 0 Å². The van der Waals surface area contributed by atoms with Crippen LogP contribution in [0.1, 0.15) is 65.2 Å². The van der Waals surface area contributed by atoms with E-state index in [1.807, 2.05) is 6.92 Å². The van der Waals surface area contributed by atoms with Gasteiger partial charge in [-0.1, -0.05) is 32.6 Å². The van der Waals surface area contributed by atoms with Gasteiger partial charge in [-0.05, 0) is 51.6 Å². The van der Waals surface area contributed by atoms with E-state index in [0.29, 0.717) is 5.92 Å². The first-order valence-corrected chi connectivity index (χ1v) is 9.89. The molecule has 5 heteroatoms. The molecule has 0 aromatic rings. The highest BCUT2D eigenvalue weighted by atomic mass is 32.2. The summed E-state index contributed by atoms with van der Waals surface area (Å²) in [5.41, 5.74) is 0. The Labute approximate surface area is 125 Å². The molecule has 0 aliphatic carbocycles. The fourth-order valence-electron chi connectivity index (χ4n) is 2.79. The van der Waals surface area contributed by atoms with Gasteiger partial charge in [0.15, 0.2) is 0 Å². The molecule has 0 aromatic heterocycles. The molecule has 0 saturated carbocycles. The maximum atomic E-state index is 12.0. The Balaban J connectivity index is 2.18. The van der Waals surface area contributed by atoms with Gasteiger partial charge in [0, 0.05) is 6.04 Å². The Kier molecular flexibility index (Phi) is 8.73. The highest BCUT2D eigenvalue weighted by Gasteiger charge is 2.19. The van der Waals surface area contributed by atoms with Gasteiger partial charge >= 0.3 is 0 Å². The van der Waals surface area contributed by atoms with Gasteiger partial charge in [-0.3, -0.25) is 0 Å². The molecular formula is C15H32N2O2S. The zero-order valence-corrected chi connectivity index (χ0v) is 14.0. The normalized spacial score (nSPS) is 19.1. The minimum Gasteiger partial charge on any atom is -0.317 e. The van der Waals surface area contributed by atoms with E-state index in [2.05, 4.69) is 17.0 Å². The zero-order chi connectivity index (χ0) is 14.8. The topological polar surface area (TPSA) is 58.2 Å². The van der Waals surface area contributed by atoms with Crippen molar-refractivity contribution < 1.29 is 8.42 Å². The summed E-state index contributed by atoms with van der Waals surface area (Å²) in [6.07, 6.45) is 8.77. The average Bonchev–Trinajstić information content (AvgIpc) is 2.42. The maximum Gasteiger partial charge on any atom is 0.211 e. The second kappa shape index (κ2) is 9.74. The van der Waals surface area contributed by atoms with Gasteiger partial charge in [0.05, 0.1) is 5.75 Å². The highest BCUT2D eigenvalue weighted by Crippen LogP contribution is 2.16. The zero-order valence-electron chi connectivity index (χ0n) is 13.2. The van der Waals surface area contributed by atoms with Gasteiger partial charge in [-0.25, -0.2) is 13.1 Å². The van der Waals surface area contributed by atoms with Crippen LogP contribution in [0.25, 0.3) is 0 Å². The van der Waals surface area contributed by atoms with Crippen molar-refractivity contribution >= 4 is 10.0 Å². The summed E-state index contributed by atoms with van der Waals surface area (Å²) in [6, 6.07) is 0.0740. The predicted octanol–water partition coefficient (Wildman–Crippen LogP) is 2.65. The van der Waals surface area contributed by atoms with Crippen LogP contribution in [0.2, 0.25) is 0 Å². The predicted molar refractivity (Wildman–Crippen MR) is 85.4 cm³/mol. The summed E-state index contributed by atoms with van der Waals surface area (Å²) in [6.45, 7) is 6.24. The summed E-state index contributed by atoms with van der Waals surface area (Å²) >= 11 is 0. The first kappa shape index (κ1) is 17.9. The lowest BCUT2D eigenvalue weighted by Crippen LogP contribution is -2.36. The lowest BCUT2D eigenvalue weighted by Gasteiger charge is -2.22. The maximum absolute atomic E-state index is 12.0. The summed E-state index contributed by atoms with van der Waals surface area (Å²) in [5, 5.41) is 3.31. The average molecular weight is 305 g/mol. The van der Waals surface area contributed by atoms with Gasteiger partial charge in [0.25, 0.3) is 0 Å². The van der Waals surface area contributed by atoms with Crippen molar-refractivity contribution in [2.24, 2.45) is 5.92 Å². The van der Waals surface area contributed by atoms with Gasteiger partial charge in [0.1, 0.15) is 0 Å². The third-order valence-electron chi connectivity index (χ3n) is 4.12. The first-order chi connectivity index (χ1) is 9.53. The van der Waals surface area contributed by atoms with Crippen LogP contribution in [0.15, 0.2) is 0 Å². The van der Waals surface area contributed by atoms with Crippen molar-refractivity contribution in [1.82, 2.24) is 10.0 Å². The van der Waals surface area contributed by atoms with Crippen molar-refractivity contribution in [2.75, 3.05) is 18.8 Å². The second-order valence-corrected chi connectivity index (χ2v) is 8.04. The molecule has 1 atom stereocenters. The molecule has 2 N–H and O–H groups in total. The Hall–Kier alpha value is -0.130. The lowest BCUT2D eigenvalue weighted by atomic mass is 9.96. The van der Waals surface area contributed by atoms with Crippen LogP contribution in [-0.4, -0.2) is 33.3 Å². The SMILES string of the molecule is CCCCCCC(C)NS(=O)(=O)CCC1CCNCC1. The van der Waals surface area contributed by atoms with Crippen LogP contribution in [0.5, 0.6) is 0 Å². The summed E-state index contributed by atoms with van der Waals surface area (Å²) in [7, 11) is -3.09. The molecule has 1 heterocycles. The first-order valence-electron chi connectivity index (χ1n) is 8.24. The molecule has 1 rings (SSSR count). The molecule has 0 spiro atoms. The Bertz CT molecular complexity index is 338. The Morgan fingerprint density at radius 2 is 1.90 bits per heavy atom. The summed E-state index contributed by atoms with van der Waals surface area (Å²) in [4.78, 5) is 0. The molecule has 4 nitrogen and oxygen atoms in total. The molecule has 1 aliphatic rings. The van der Waals surface area contributed by atoms with Gasteiger partial charge in [-0.15, -0.1) is 0 Å². The van der Waals surface area contributed by atoms with Crippen molar-refractivity contribution in [2.45, 2.75) is 71.3 Å². The van der Waals surface area contributed by atoms with Crippen molar-refractivity contribution in [3.8, 4) is 0 Å². The van der Waals surface area contributed by atoms with E-state index in [1.54, 1.807) is 0 Å². The third kappa shape index (κ3) is 8.22. The van der Waals surface area contributed by atoms with Gasteiger partial charge in [0.2, 0.25) is 10.0 Å². The number of rotatable bonds is 10. The molecular weight excluding hydrogens is 272 g/mol. The number of unbranched alkanes of at least 4 members (excludes halogenated alkanes) is 3. The van der Waals surface area contributed by atoms with E-state index in [1.165, 1.54) is 19.3 Å². The number of hydrogen-bond donors (Lipinski definition) is 2. The van der Waals surface area contributed by atoms with E-state index in [-0.39, 0.29) is 11.8 Å². The Morgan fingerprint density at radius 1 is 1.20 bits per heavy atom. The molecule has 1 saturated heterocycles. The van der Waals surface area contributed by atoms with Crippen LogP contribution < -0.4 is 10.0 Å². The molecule has 0 aromatic carbocycles. The van der Waals surface area contributed by atoms with E-state index in [0.717, 1.165) is 45.2 Å². The van der Waals surface area contributed by atoms with Gasteiger partial charge in [-0.2, -0.15) is 0 Å². The van der Waals surface area contributed by atoms with Crippen molar-refractivity contribution in [3.63, 3.8) is 0 Å². The van der Waals surface area contributed by atoms with Crippen LogP contribution in [-0.2, 0) is 10.0 Å². The molecule has 1 fully saturated rings. The fraction of sp³-hybridized carbons (Fsp3) is 1.00. The standard InChI is InChI=1S/C15H32N2O2S/c1-3-4-5-6-7-14(2)17-20(18,19)13-10-15-8-11-16-12-9-15/h14-17H,3-13H2,1-2H3. The molecule has 0 radical (unpaired) electrons. The second-order valence-electron chi connectivity index (χ2n) is 6.17. The largest absolute Gasteiger partial charge is 0.317 e. The van der Waals surface area contributed by atoms with E-state index in [4.69, 9.17) is 0 Å². The molecule has 1 aliphatic heterocycles. The highest BCUT2D eigenvalue weighted by molar-refractivity contribution is 7.89. The third-order valence-corrected chi connectivity index (χ3v) is 5.66. The molecule has 0 bridgehead atoms. The van der Waals surface area contributed by atoms with Crippen LogP contribution >= 0.6 is 0 Å². The Morgan fingerprint density at radius 3 is 2.55 bits per heavy atom. The van der Waals surface area contributed by atoms with Crippen LogP contribution in [0, 0.1) is 5.92 Å². The smallest absolute Gasteiger partial charge is 0.211 e. The molecule has 1 unspecified atom stereocenters. The quantitative estimate of drug-likeness (QED) is 0.610. The van der Waals surface area contributed by atoms with Gasteiger partial charge < -0.3 is 5.32 Å². The van der Waals surface area contributed by atoms with Crippen molar-refractivity contribution in [1.29, 1.82) is 0 Å². The van der Waals surface area contributed by atoms with E-state index < -0.39 is 10.0 Å². The van der Waals surface area contributed by atoms with Crippen molar-refractivity contribution in [3.05, 3.63) is 0 Å². The fourth-order valence-corrected chi connectivity index (χ4v) is 4.29. The summed E-state index contributed by atoms with van der Waals surface area (Å²) in [5.74, 6) is 0.865. The van der Waals surface area contributed by atoms with E-state index in [9.17, 15) is 8.42 Å². The number of piperidine rings is 1. The summed E-state index contributed by atoms with van der Waals surface area (Å²) < 4.78 is 26.9. The van der Waals surface area contributed by atoms with Crippen LogP contribution in [0.4, 0.5) is 0 Å². The minimum atomic E-state index is -3.09. The number of nitrogens with one attached hydrogen (secondary N) is 2. The molecule has 120 valence electrons. The number of sulfonamides is 1. The molecule has 20 heavy (non-hydrogen) atoms. The lowest BCUT2D eigenvalue weighted by molar-refractivity contribution is 0.364. The molecule has 0 amide bonds. The van der Waals surface area contributed by atoms with E-state index >= 15 is 0 Å².